The minimum absolute atomic E-state index is 0.0439. The highest BCUT2D eigenvalue weighted by atomic mass is 16.3. The van der Waals surface area contributed by atoms with E-state index in [2.05, 4.69) is 5.32 Å². The van der Waals surface area contributed by atoms with E-state index in [4.69, 9.17) is 4.42 Å². The lowest BCUT2D eigenvalue weighted by Crippen LogP contribution is -2.62. The number of carbonyl (C=O) groups excluding carboxylic acids is 1. The van der Waals surface area contributed by atoms with Crippen LogP contribution in [0.4, 0.5) is 0 Å². The molecule has 0 bridgehead atoms. The number of rotatable bonds is 1. The van der Waals surface area contributed by atoms with Crippen molar-refractivity contribution in [1.82, 2.24) is 10.2 Å². The minimum atomic E-state index is 0.0439. The highest BCUT2D eigenvalue weighted by molar-refractivity contribution is 5.93. The maximum Gasteiger partial charge on any atom is 0.290 e. The average molecular weight is 206 g/mol. The number of carbonyl (C=O) groups is 1. The van der Waals surface area contributed by atoms with Crippen LogP contribution in [0, 0.1) is 6.92 Å². The standard InChI is InChI=1S/C11H14N2O2/c1-7-3-5-15-10(7)11(14)13-6-8-9(13)2-4-12-8/h3,5,8-9,12H,2,4,6H2,1H3. The van der Waals surface area contributed by atoms with Crippen molar-refractivity contribution in [3.05, 3.63) is 23.7 Å². The molecule has 3 heterocycles. The predicted octanol–water partition coefficient (Wildman–Crippen LogP) is 0.774. The molecule has 4 nitrogen and oxygen atoms in total. The van der Waals surface area contributed by atoms with Crippen molar-refractivity contribution in [2.24, 2.45) is 0 Å². The Kier molecular flexibility index (Phi) is 1.85. The van der Waals surface area contributed by atoms with Gasteiger partial charge in [-0.2, -0.15) is 0 Å². The third-order valence-corrected chi connectivity index (χ3v) is 3.42. The Bertz CT molecular complexity index is 399. The van der Waals surface area contributed by atoms with E-state index in [0.29, 0.717) is 17.8 Å². The van der Waals surface area contributed by atoms with Gasteiger partial charge in [0, 0.05) is 18.2 Å². The summed E-state index contributed by atoms with van der Waals surface area (Å²) >= 11 is 0. The second-order valence-electron chi connectivity index (χ2n) is 4.31. The van der Waals surface area contributed by atoms with Gasteiger partial charge >= 0.3 is 0 Å². The SMILES string of the molecule is Cc1ccoc1C(=O)N1CC2NCCC21. The molecule has 1 amide bonds. The second kappa shape index (κ2) is 3.10. The number of aryl methyl sites for hydroxylation is 1. The average Bonchev–Trinajstić information content (AvgIpc) is 2.74. The summed E-state index contributed by atoms with van der Waals surface area (Å²) in [7, 11) is 0. The number of hydrogen-bond acceptors (Lipinski definition) is 3. The third-order valence-electron chi connectivity index (χ3n) is 3.42. The molecule has 2 aliphatic heterocycles. The van der Waals surface area contributed by atoms with E-state index >= 15 is 0 Å². The molecule has 0 spiro atoms. The van der Waals surface area contributed by atoms with Gasteiger partial charge in [0.05, 0.1) is 12.3 Å². The van der Waals surface area contributed by atoms with Gasteiger partial charge in [0.1, 0.15) is 0 Å². The van der Waals surface area contributed by atoms with Gasteiger partial charge in [0.15, 0.2) is 5.76 Å². The van der Waals surface area contributed by atoms with Crippen LogP contribution in [0.15, 0.2) is 16.7 Å². The molecule has 3 rings (SSSR count). The number of nitrogens with zero attached hydrogens (tertiary/aromatic N) is 1. The summed E-state index contributed by atoms with van der Waals surface area (Å²) in [4.78, 5) is 14.0. The summed E-state index contributed by atoms with van der Waals surface area (Å²) in [5.41, 5.74) is 0.925. The van der Waals surface area contributed by atoms with Crippen molar-refractivity contribution in [2.45, 2.75) is 25.4 Å². The van der Waals surface area contributed by atoms with E-state index in [1.54, 1.807) is 6.26 Å². The lowest BCUT2D eigenvalue weighted by molar-refractivity contribution is 0.0378. The summed E-state index contributed by atoms with van der Waals surface area (Å²) in [5, 5.41) is 3.38. The number of likely N-dealkylation sites (tertiary alicyclic amines) is 1. The third kappa shape index (κ3) is 1.21. The molecule has 2 saturated heterocycles. The monoisotopic (exact) mass is 206 g/mol. The van der Waals surface area contributed by atoms with Crippen LogP contribution < -0.4 is 5.32 Å². The Morgan fingerprint density at radius 2 is 2.53 bits per heavy atom. The smallest absolute Gasteiger partial charge is 0.290 e. The highest BCUT2D eigenvalue weighted by Crippen LogP contribution is 2.28. The molecule has 4 heteroatoms. The van der Waals surface area contributed by atoms with Crippen molar-refractivity contribution in [1.29, 1.82) is 0 Å². The van der Waals surface area contributed by atoms with E-state index in [1.807, 2.05) is 17.9 Å². The number of amides is 1. The second-order valence-corrected chi connectivity index (χ2v) is 4.31. The zero-order valence-corrected chi connectivity index (χ0v) is 8.69. The van der Waals surface area contributed by atoms with Crippen LogP contribution >= 0.6 is 0 Å². The van der Waals surface area contributed by atoms with Crippen LogP contribution in [0.1, 0.15) is 22.5 Å². The van der Waals surface area contributed by atoms with E-state index in [-0.39, 0.29) is 5.91 Å². The van der Waals surface area contributed by atoms with Crippen molar-refractivity contribution < 1.29 is 9.21 Å². The summed E-state index contributed by atoms with van der Waals surface area (Å²) in [6.45, 7) is 3.75. The van der Waals surface area contributed by atoms with Crippen LogP contribution in [0.5, 0.6) is 0 Å². The molecule has 2 atom stereocenters. The quantitative estimate of drug-likeness (QED) is 0.738. The van der Waals surface area contributed by atoms with Crippen molar-refractivity contribution >= 4 is 5.91 Å². The molecule has 2 unspecified atom stereocenters. The van der Waals surface area contributed by atoms with Gasteiger partial charge in [-0.1, -0.05) is 0 Å². The summed E-state index contributed by atoms with van der Waals surface area (Å²) in [6.07, 6.45) is 2.64. The first-order valence-corrected chi connectivity index (χ1v) is 5.36. The van der Waals surface area contributed by atoms with Gasteiger partial charge in [-0.25, -0.2) is 0 Å². The van der Waals surface area contributed by atoms with Crippen molar-refractivity contribution in [2.75, 3.05) is 13.1 Å². The number of furan rings is 1. The first-order valence-electron chi connectivity index (χ1n) is 5.36. The van der Waals surface area contributed by atoms with Crippen molar-refractivity contribution in [3.63, 3.8) is 0 Å². The minimum Gasteiger partial charge on any atom is -0.459 e. The lowest BCUT2D eigenvalue weighted by Gasteiger charge is -2.43. The maximum atomic E-state index is 12.1. The van der Waals surface area contributed by atoms with Crippen molar-refractivity contribution in [3.8, 4) is 0 Å². The summed E-state index contributed by atoms with van der Waals surface area (Å²) in [5.74, 6) is 0.544. The zero-order chi connectivity index (χ0) is 10.4. The zero-order valence-electron chi connectivity index (χ0n) is 8.69. The maximum absolute atomic E-state index is 12.1. The molecule has 1 N–H and O–H groups in total. The molecule has 0 saturated carbocycles. The van der Waals surface area contributed by atoms with Crippen LogP contribution in [0.3, 0.4) is 0 Å². The number of hydrogen-bond donors (Lipinski definition) is 1. The number of fused-ring (bicyclic) bond motifs is 1. The van der Waals surface area contributed by atoms with Crippen LogP contribution in [-0.4, -0.2) is 36.0 Å². The molecule has 15 heavy (non-hydrogen) atoms. The number of nitrogens with one attached hydrogen (secondary N) is 1. The van der Waals surface area contributed by atoms with Gasteiger partial charge < -0.3 is 14.6 Å². The van der Waals surface area contributed by atoms with Gasteiger partial charge in [-0.15, -0.1) is 0 Å². The van der Waals surface area contributed by atoms with E-state index in [1.165, 1.54) is 0 Å². The van der Waals surface area contributed by atoms with E-state index in [0.717, 1.165) is 25.1 Å². The first-order chi connectivity index (χ1) is 7.27. The molecular weight excluding hydrogens is 192 g/mol. The molecular formula is C11H14N2O2. The Balaban J connectivity index is 1.79. The molecule has 0 radical (unpaired) electrons. The van der Waals surface area contributed by atoms with Crippen LogP contribution in [0.25, 0.3) is 0 Å². The Hall–Kier alpha value is -1.29. The highest BCUT2D eigenvalue weighted by Gasteiger charge is 2.45. The normalized spacial score (nSPS) is 28.7. The van der Waals surface area contributed by atoms with Gasteiger partial charge in [0.2, 0.25) is 0 Å². The Labute approximate surface area is 88.2 Å². The summed E-state index contributed by atoms with van der Waals surface area (Å²) < 4.78 is 5.22. The van der Waals surface area contributed by atoms with E-state index in [9.17, 15) is 4.79 Å². The van der Waals surface area contributed by atoms with Gasteiger partial charge in [-0.3, -0.25) is 4.79 Å². The topological polar surface area (TPSA) is 45.5 Å². The van der Waals surface area contributed by atoms with Crippen LogP contribution in [0.2, 0.25) is 0 Å². The fourth-order valence-electron chi connectivity index (χ4n) is 2.48. The fourth-order valence-corrected chi connectivity index (χ4v) is 2.48. The molecule has 1 aromatic heterocycles. The summed E-state index contributed by atoms with van der Waals surface area (Å²) in [6, 6.07) is 2.74. The first kappa shape index (κ1) is 8.97. The lowest BCUT2D eigenvalue weighted by atomic mass is 9.97. The molecule has 0 aromatic carbocycles. The molecule has 0 aliphatic carbocycles. The Morgan fingerprint density at radius 1 is 1.67 bits per heavy atom. The molecule has 2 aliphatic rings. The van der Waals surface area contributed by atoms with Gasteiger partial charge in [-0.05, 0) is 26.0 Å². The molecule has 80 valence electrons. The molecule has 1 aromatic rings. The van der Waals surface area contributed by atoms with Crippen LogP contribution in [-0.2, 0) is 0 Å². The molecule has 2 fully saturated rings. The van der Waals surface area contributed by atoms with Gasteiger partial charge in [0.25, 0.3) is 5.91 Å². The predicted molar refractivity (Wildman–Crippen MR) is 54.7 cm³/mol. The fraction of sp³-hybridized carbons (Fsp3) is 0.545. The Morgan fingerprint density at radius 3 is 3.20 bits per heavy atom. The van der Waals surface area contributed by atoms with E-state index < -0.39 is 0 Å². The largest absolute Gasteiger partial charge is 0.459 e.